The molecule has 2 aromatic carbocycles. The largest absolute Gasteiger partial charge is 0.493 e. The Morgan fingerprint density at radius 3 is 2.54 bits per heavy atom. The van der Waals surface area contributed by atoms with Crippen LogP contribution in [0.5, 0.6) is 17.4 Å². The molecule has 1 N–H and O–H groups in total. The predicted octanol–water partition coefficient (Wildman–Crippen LogP) is 4.67. The van der Waals surface area contributed by atoms with E-state index in [1.54, 1.807) is 25.1 Å². The van der Waals surface area contributed by atoms with Gasteiger partial charge in [-0.1, -0.05) is 37.3 Å². The fourth-order valence-electron chi connectivity index (χ4n) is 3.62. The van der Waals surface area contributed by atoms with E-state index in [2.05, 4.69) is 15.4 Å². The molecule has 180 valence electrons. The Kier molecular flexibility index (Phi) is 7.62. The highest BCUT2D eigenvalue weighted by atomic mass is 16.5. The molecule has 0 aliphatic carbocycles. The molecule has 0 aliphatic rings. The molecule has 2 aromatic heterocycles. The maximum Gasteiger partial charge on any atom is 0.272 e. The summed E-state index contributed by atoms with van der Waals surface area (Å²) in [6, 6.07) is 18.9. The standard InChI is InChI=1S/C27H28N4O4/c1-4-15-35-27-20(9-8-14-28-27)17-29-26(32)25-22(18-31(30-25)21-10-6-5-7-11-21)19-12-13-23(33-2)24(16-19)34-3/h5-14,16,18H,4,15,17H2,1-3H3,(H,29,32). The second-order valence-corrected chi connectivity index (χ2v) is 7.74. The lowest BCUT2D eigenvalue weighted by atomic mass is 10.1. The van der Waals surface area contributed by atoms with Gasteiger partial charge in [-0.25, -0.2) is 9.67 Å². The molecule has 4 rings (SSSR count). The van der Waals surface area contributed by atoms with Crippen LogP contribution in [0.1, 0.15) is 29.4 Å². The summed E-state index contributed by atoms with van der Waals surface area (Å²) in [7, 11) is 3.16. The number of carbonyl (C=O) groups excluding carboxylic acids is 1. The van der Waals surface area contributed by atoms with Gasteiger partial charge in [-0.15, -0.1) is 0 Å². The zero-order valence-electron chi connectivity index (χ0n) is 20.0. The number of rotatable bonds is 10. The number of aromatic nitrogens is 3. The van der Waals surface area contributed by atoms with Gasteiger partial charge < -0.3 is 19.5 Å². The first-order valence-corrected chi connectivity index (χ1v) is 11.4. The smallest absolute Gasteiger partial charge is 0.272 e. The molecule has 0 spiro atoms. The maximum absolute atomic E-state index is 13.4. The van der Waals surface area contributed by atoms with Gasteiger partial charge in [0.2, 0.25) is 5.88 Å². The first-order valence-electron chi connectivity index (χ1n) is 11.4. The fraction of sp³-hybridized carbons (Fsp3) is 0.222. The van der Waals surface area contributed by atoms with Gasteiger partial charge in [0, 0.05) is 30.1 Å². The molecule has 8 nitrogen and oxygen atoms in total. The number of para-hydroxylation sites is 1. The molecule has 35 heavy (non-hydrogen) atoms. The van der Waals surface area contributed by atoms with Crippen molar-refractivity contribution in [2.45, 2.75) is 19.9 Å². The molecule has 0 aliphatic heterocycles. The van der Waals surface area contributed by atoms with E-state index in [1.165, 1.54) is 0 Å². The van der Waals surface area contributed by atoms with Crippen LogP contribution in [0.3, 0.4) is 0 Å². The van der Waals surface area contributed by atoms with Crippen molar-refractivity contribution in [2.75, 3.05) is 20.8 Å². The number of hydrogen-bond acceptors (Lipinski definition) is 6. The molecule has 0 fully saturated rings. The van der Waals surface area contributed by atoms with E-state index in [0.29, 0.717) is 35.2 Å². The monoisotopic (exact) mass is 472 g/mol. The summed E-state index contributed by atoms with van der Waals surface area (Å²) in [5.74, 6) is 1.38. The third-order valence-corrected chi connectivity index (χ3v) is 5.38. The highest BCUT2D eigenvalue weighted by Gasteiger charge is 2.20. The average Bonchev–Trinajstić information content (AvgIpc) is 3.37. The average molecular weight is 473 g/mol. The molecular weight excluding hydrogens is 444 g/mol. The summed E-state index contributed by atoms with van der Waals surface area (Å²) >= 11 is 0. The predicted molar refractivity (Wildman–Crippen MR) is 133 cm³/mol. The number of methoxy groups -OCH3 is 2. The minimum Gasteiger partial charge on any atom is -0.493 e. The van der Waals surface area contributed by atoms with Crippen LogP contribution in [0.15, 0.2) is 73.1 Å². The second kappa shape index (κ2) is 11.2. The van der Waals surface area contributed by atoms with Crippen LogP contribution < -0.4 is 19.5 Å². The lowest BCUT2D eigenvalue weighted by molar-refractivity contribution is 0.0945. The van der Waals surface area contributed by atoms with Crippen molar-refractivity contribution in [3.05, 3.63) is 84.3 Å². The van der Waals surface area contributed by atoms with Crippen LogP contribution in [0.4, 0.5) is 0 Å². The van der Waals surface area contributed by atoms with E-state index in [4.69, 9.17) is 14.2 Å². The number of benzene rings is 2. The summed E-state index contributed by atoms with van der Waals surface area (Å²) < 4.78 is 18.2. The van der Waals surface area contributed by atoms with Crippen molar-refractivity contribution in [2.24, 2.45) is 0 Å². The van der Waals surface area contributed by atoms with Gasteiger partial charge in [0.25, 0.3) is 5.91 Å². The van der Waals surface area contributed by atoms with Crippen molar-refractivity contribution in [3.63, 3.8) is 0 Å². The Morgan fingerprint density at radius 1 is 1.00 bits per heavy atom. The molecule has 1 amide bonds. The summed E-state index contributed by atoms with van der Waals surface area (Å²) in [5, 5.41) is 7.59. The van der Waals surface area contributed by atoms with Crippen LogP contribution in [-0.4, -0.2) is 41.5 Å². The SMILES string of the molecule is CCCOc1ncccc1CNC(=O)c1nn(-c2ccccc2)cc1-c1ccc(OC)c(OC)c1. The number of hydrogen-bond donors (Lipinski definition) is 1. The van der Waals surface area contributed by atoms with Crippen molar-refractivity contribution < 1.29 is 19.0 Å². The summed E-state index contributed by atoms with van der Waals surface area (Å²) in [6.45, 7) is 2.85. The van der Waals surface area contributed by atoms with E-state index >= 15 is 0 Å². The van der Waals surface area contributed by atoms with Gasteiger partial charge in [-0.2, -0.15) is 5.10 Å². The zero-order valence-corrected chi connectivity index (χ0v) is 20.0. The quantitative estimate of drug-likeness (QED) is 0.361. The van der Waals surface area contributed by atoms with Crippen molar-refractivity contribution >= 4 is 5.91 Å². The normalized spacial score (nSPS) is 10.6. The van der Waals surface area contributed by atoms with Gasteiger partial charge in [0.15, 0.2) is 17.2 Å². The number of ether oxygens (including phenoxy) is 3. The molecule has 2 heterocycles. The minimum atomic E-state index is -0.310. The Balaban J connectivity index is 1.67. The molecule has 0 bridgehead atoms. The van der Waals surface area contributed by atoms with E-state index in [0.717, 1.165) is 23.2 Å². The topological polar surface area (TPSA) is 87.5 Å². The molecular formula is C27H28N4O4. The Hall–Kier alpha value is -4.33. The molecule has 0 atom stereocenters. The first kappa shape index (κ1) is 23.8. The molecule has 0 saturated heterocycles. The van der Waals surface area contributed by atoms with Crippen LogP contribution in [-0.2, 0) is 6.54 Å². The Labute approximate surface area is 204 Å². The van der Waals surface area contributed by atoms with Gasteiger partial charge in [0.1, 0.15) is 0 Å². The highest BCUT2D eigenvalue weighted by molar-refractivity contribution is 5.99. The maximum atomic E-state index is 13.4. The lowest BCUT2D eigenvalue weighted by Crippen LogP contribution is -2.24. The first-order chi connectivity index (χ1) is 17.1. The molecule has 0 saturated carbocycles. The number of amides is 1. The van der Waals surface area contributed by atoms with Gasteiger partial charge in [0.05, 0.1) is 26.5 Å². The van der Waals surface area contributed by atoms with Gasteiger partial charge in [-0.3, -0.25) is 4.79 Å². The van der Waals surface area contributed by atoms with E-state index in [9.17, 15) is 4.79 Å². The highest BCUT2D eigenvalue weighted by Crippen LogP contribution is 2.34. The second-order valence-electron chi connectivity index (χ2n) is 7.74. The van der Waals surface area contributed by atoms with Crippen molar-refractivity contribution in [1.29, 1.82) is 0 Å². The van der Waals surface area contributed by atoms with Crippen LogP contribution >= 0.6 is 0 Å². The molecule has 0 radical (unpaired) electrons. The van der Waals surface area contributed by atoms with Gasteiger partial charge in [-0.05, 0) is 42.3 Å². The van der Waals surface area contributed by atoms with Crippen molar-refractivity contribution in [3.8, 4) is 34.2 Å². The fourth-order valence-corrected chi connectivity index (χ4v) is 3.62. The van der Waals surface area contributed by atoms with Crippen LogP contribution in [0.2, 0.25) is 0 Å². The molecule has 8 heteroatoms. The van der Waals surface area contributed by atoms with Crippen LogP contribution in [0.25, 0.3) is 16.8 Å². The van der Waals surface area contributed by atoms with Crippen molar-refractivity contribution in [1.82, 2.24) is 20.1 Å². The summed E-state index contributed by atoms with van der Waals surface area (Å²) in [5.41, 5.74) is 3.38. The van der Waals surface area contributed by atoms with E-state index in [-0.39, 0.29) is 12.5 Å². The van der Waals surface area contributed by atoms with Gasteiger partial charge >= 0.3 is 0 Å². The van der Waals surface area contributed by atoms with E-state index in [1.807, 2.05) is 73.8 Å². The van der Waals surface area contributed by atoms with E-state index < -0.39 is 0 Å². The lowest BCUT2D eigenvalue weighted by Gasteiger charge is -2.11. The minimum absolute atomic E-state index is 0.259. The third kappa shape index (κ3) is 5.43. The Morgan fingerprint density at radius 2 is 1.80 bits per heavy atom. The third-order valence-electron chi connectivity index (χ3n) is 5.38. The molecule has 4 aromatic rings. The Bertz CT molecular complexity index is 1290. The molecule has 0 unspecified atom stereocenters. The number of carbonyl (C=O) groups is 1. The van der Waals surface area contributed by atoms with Crippen LogP contribution in [0, 0.1) is 0 Å². The number of nitrogens with zero attached hydrogens (tertiary/aromatic N) is 3. The number of pyridine rings is 1. The number of nitrogens with one attached hydrogen (secondary N) is 1. The zero-order chi connectivity index (χ0) is 24.6. The summed E-state index contributed by atoms with van der Waals surface area (Å²) in [4.78, 5) is 17.6. The summed E-state index contributed by atoms with van der Waals surface area (Å²) in [6.07, 6.45) is 4.38.